The number of halogens is 3. The van der Waals surface area contributed by atoms with Crippen LogP contribution < -0.4 is 0 Å². The van der Waals surface area contributed by atoms with Gasteiger partial charge in [-0.3, -0.25) is 9.69 Å². The van der Waals surface area contributed by atoms with Crippen LogP contribution in [0.2, 0.25) is 0 Å². The lowest BCUT2D eigenvalue weighted by Crippen LogP contribution is -2.36. The molecule has 0 amide bonds. The van der Waals surface area contributed by atoms with Gasteiger partial charge in [-0.15, -0.1) is 0 Å². The Bertz CT molecular complexity index is 1030. The minimum atomic E-state index is -1.57. The number of benzene rings is 2. The summed E-state index contributed by atoms with van der Waals surface area (Å²) in [5.41, 5.74) is 1.61. The second-order valence-corrected chi connectivity index (χ2v) is 6.52. The SMILES string of the molecule is O=C(O)C1CN(Cc2nc(-c3cc(F)c(F)c(F)c3)no2)Cc2ccccc21. The van der Waals surface area contributed by atoms with Gasteiger partial charge >= 0.3 is 5.97 Å². The normalized spacial score (nSPS) is 16.8. The number of rotatable bonds is 4. The summed E-state index contributed by atoms with van der Waals surface area (Å²) in [7, 11) is 0. The van der Waals surface area contributed by atoms with Crippen molar-refractivity contribution in [2.45, 2.75) is 19.0 Å². The van der Waals surface area contributed by atoms with Crippen LogP contribution in [0.25, 0.3) is 11.4 Å². The third-order valence-electron chi connectivity index (χ3n) is 4.63. The highest BCUT2D eigenvalue weighted by molar-refractivity contribution is 5.77. The van der Waals surface area contributed by atoms with Crippen molar-refractivity contribution in [3.63, 3.8) is 0 Å². The largest absolute Gasteiger partial charge is 0.481 e. The van der Waals surface area contributed by atoms with Gasteiger partial charge in [-0.2, -0.15) is 4.98 Å². The second kappa shape index (κ2) is 7.08. The van der Waals surface area contributed by atoms with Gasteiger partial charge in [-0.05, 0) is 23.3 Å². The predicted octanol–water partition coefficient (Wildman–Crippen LogP) is 3.34. The van der Waals surface area contributed by atoms with E-state index in [0.29, 0.717) is 6.54 Å². The molecule has 0 radical (unpaired) electrons. The van der Waals surface area contributed by atoms with Crippen molar-refractivity contribution in [2.75, 3.05) is 6.54 Å². The van der Waals surface area contributed by atoms with Crippen molar-refractivity contribution in [2.24, 2.45) is 0 Å². The molecule has 0 saturated carbocycles. The summed E-state index contributed by atoms with van der Waals surface area (Å²) in [5.74, 6) is -5.81. The molecule has 1 atom stereocenters. The van der Waals surface area contributed by atoms with Crippen LogP contribution in [0.5, 0.6) is 0 Å². The fourth-order valence-electron chi connectivity index (χ4n) is 3.32. The van der Waals surface area contributed by atoms with E-state index in [1.165, 1.54) is 0 Å². The van der Waals surface area contributed by atoms with Crippen LogP contribution in [0.3, 0.4) is 0 Å². The number of hydrogen-bond donors (Lipinski definition) is 1. The van der Waals surface area contributed by atoms with Crippen molar-refractivity contribution in [3.8, 4) is 11.4 Å². The Balaban J connectivity index is 1.56. The zero-order valence-electron chi connectivity index (χ0n) is 14.4. The first-order valence-electron chi connectivity index (χ1n) is 8.43. The molecule has 0 aliphatic carbocycles. The van der Waals surface area contributed by atoms with Crippen LogP contribution in [0, 0.1) is 17.5 Å². The van der Waals surface area contributed by atoms with E-state index >= 15 is 0 Å². The molecule has 9 heteroatoms. The predicted molar refractivity (Wildman–Crippen MR) is 90.5 cm³/mol. The Kier molecular flexibility index (Phi) is 4.60. The molecule has 1 aliphatic heterocycles. The number of aliphatic carboxylic acids is 1. The average molecular weight is 389 g/mol. The molecular weight excluding hydrogens is 375 g/mol. The van der Waals surface area contributed by atoms with E-state index in [9.17, 15) is 23.1 Å². The van der Waals surface area contributed by atoms with Gasteiger partial charge in [0.2, 0.25) is 11.7 Å². The molecule has 1 N–H and O–H groups in total. The first-order chi connectivity index (χ1) is 13.4. The minimum Gasteiger partial charge on any atom is -0.481 e. The minimum absolute atomic E-state index is 0.0567. The molecule has 1 unspecified atom stereocenters. The van der Waals surface area contributed by atoms with E-state index in [2.05, 4.69) is 10.1 Å². The van der Waals surface area contributed by atoms with Crippen molar-refractivity contribution in [1.29, 1.82) is 0 Å². The van der Waals surface area contributed by atoms with Gasteiger partial charge in [0, 0.05) is 18.7 Å². The first kappa shape index (κ1) is 18.2. The number of carboxylic acids is 1. The summed E-state index contributed by atoms with van der Waals surface area (Å²) in [6.07, 6.45) is 0. The van der Waals surface area contributed by atoms with Crippen LogP contribution in [0.15, 0.2) is 40.9 Å². The maximum Gasteiger partial charge on any atom is 0.312 e. The highest BCUT2D eigenvalue weighted by atomic mass is 19.2. The molecule has 28 heavy (non-hydrogen) atoms. The molecule has 0 bridgehead atoms. The van der Waals surface area contributed by atoms with E-state index in [4.69, 9.17) is 4.52 Å². The Labute approximate surface area is 157 Å². The van der Waals surface area contributed by atoms with Crippen LogP contribution in [0.4, 0.5) is 13.2 Å². The van der Waals surface area contributed by atoms with Crippen molar-refractivity contribution in [1.82, 2.24) is 15.0 Å². The van der Waals surface area contributed by atoms with Crippen LogP contribution >= 0.6 is 0 Å². The lowest BCUT2D eigenvalue weighted by atomic mass is 9.90. The first-order valence-corrected chi connectivity index (χ1v) is 8.43. The molecule has 144 valence electrons. The van der Waals surface area contributed by atoms with E-state index in [1.54, 1.807) is 12.1 Å². The molecule has 4 rings (SSSR count). The molecule has 0 spiro atoms. The highest BCUT2D eigenvalue weighted by Crippen LogP contribution is 2.29. The molecule has 6 nitrogen and oxygen atoms in total. The molecule has 3 aromatic rings. The van der Waals surface area contributed by atoms with Crippen molar-refractivity contribution < 1.29 is 27.6 Å². The molecule has 1 aromatic heterocycles. The maximum absolute atomic E-state index is 13.4. The van der Waals surface area contributed by atoms with Gasteiger partial charge in [0.15, 0.2) is 17.5 Å². The average Bonchev–Trinajstić information content (AvgIpc) is 3.13. The quantitative estimate of drug-likeness (QED) is 0.690. The number of carbonyl (C=O) groups is 1. The molecule has 2 heterocycles. The standard InChI is InChI=1S/C19H14F3N3O3/c20-14-5-11(6-15(21)17(14)22)18-23-16(28-24-18)9-25-7-10-3-1-2-4-12(10)13(8-25)19(26)27/h1-6,13H,7-9H2,(H,26,27). The number of fused-ring (bicyclic) bond motifs is 1. The van der Waals surface area contributed by atoms with Gasteiger partial charge in [-0.25, -0.2) is 13.2 Å². The van der Waals surface area contributed by atoms with Crippen molar-refractivity contribution >= 4 is 5.97 Å². The monoisotopic (exact) mass is 389 g/mol. The summed E-state index contributed by atoms with van der Waals surface area (Å²) in [6, 6.07) is 8.86. The Morgan fingerprint density at radius 3 is 2.64 bits per heavy atom. The summed E-state index contributed by atoms with van der Waals surface area (Å²) in [6.45, 7) is 0.915. The fourth-order valence-corrected chi connectivity index (χ4v) is 3.32. The summed E-state index contributed by atoms with van der Waals surface area (Å²) >= 11 is 0. The lowest BCUT2D eigenvalue weighted by Gasteiger charge is -2.31. The smallest absolute Gasteiger partial charge is 0.312 e. The molecule has 1 aliphatic rings. The molecule has 0 fully saturated rings. The third kappa shape index (κ3) is 3.36. The molecular formula is C19H14F3N3O3. The van der Waals surface area contributed by atoms with Gasteiger partial charge in [-0.1, -0.05) is 29.4 Å². The van der Waals surface area contributed by atoms with Gasteiger partial charge < -0.3 is 9.63 Å². The Morgan fingerprint density at radius 1 is 1.21 bits per heavy atom. The lowest BCUT2D eigenvalue weighted by molar-refractivity contribution is -0.139. The van der Waals surface area contributed by atoms with E-state index < -0.39 is 29.3 Å². The Hall–Kier alpha value is -3.20. The summed E-state index contributed by atoms with van der Waals surface area (Å²) in [4.78, 5) is 17.5. The summed E-state index contributed by atoms with van der Waals surface area (Å²) < 4.78 is 45.0. The fraction of sp³-hybridized carbons (Fsp3) is 0.211. The van der Waals surface area contributed by atoms with Crippen LogP contribution in [-0.2, 0) is 17.9 Å². The number of aromatic nitrogens is 2. The molecule has 2 aromatic carbocycles. The van der Waals surface area contributed by atoms with Gasteiger partial charge in [0.25, 0.3) is 0 Å². The summed E-state index contributed by atoms with van der Waals surface area (Å²) in [5, 5.41) is 13.2. The Morgan fingerprint density at radius 2 is 1.93 bits per heavy atom. The number of nitrogens with zero attached hydrogens (tertiary/aromatic N) is 3. The van der Waals surface area contributed by atoms with Crippen LogP contribution in [0.1, 0.15) is 22.9 Å². The zero-order chi connectivity index (χ0) is 19.8. The van der Waals surface area contributed by atoms with Gasteiger partial charge in [0.1, 0.15) is 0 Å². The second-order valence-electron chi connectivity index (χ2n) is 6.52. The maximum atomic E-state index is 13.4. The van der Waals surface area contributed by atoms with Gasteiger partial charge in [0.05, 0.1) is 12.5 Å². The number of hydrogen-bond acceptors (Lipinski definition) is 5. The third-order valence-corrected chi connectivity index (χ3v) is 4.63. The highest BCUT2D eigenvalue weighted by Gasteiger charge is 2.31. The van der Waals surface area contributed by atoms with E-state index in [-0.39, 0.29) is 30.4 Å². The topological polar surface area (TPSA) is 79.5 Å². The van der Waals surface area contributed by atoms with Crippen LogP contribution in [-0.4, -0.2) is 32.7 Å². The van der Waals surface area contributed by atoms with Crippen molar-refractivity contribution in [3.05, 3.63) is 70.9 Å². The van der Waals surface area contributed by atoms with E-state index in [0.717, 1.165) is 23.3 Å². The number of carboxylic acid groups (broad SMARTS) is 1. The molecule has 0 saturated heterocycles. The zero-order valence-corrected chi connectivity index (χ0v) is 14.4. The van der Waals surface area contributed by atoms with E-state index in [1.807, 2.05) is 17.0 Å².